The van der Waals surface area contributed by atoms with Gasteiger partial charge in [0, 0.05) is 43.2 Å². The molecule has 21 heavy (non-hydrogen) atoms. The molecule has 1 aromatic carbocycles. The molecule has 0 spiro atoms. The molecule has 0 atom stereocenters. The fourth-order valence-electron chi connectivity index (χ4n) is 2.11. The fourth-order valence-corrected chi connectivity index (χ4v) is 3.20. The highest BCUT2D eigenvalue weighted by molar-refractivity contribution is 7.12. The van der Waals surface area contributed by atoms with E-state index in [-0.39, 0.29) is 0 Å². The van der Waals surface area contributed by atoms with Gasteiger partial charge in [0.15, 0.2) is 0 Å². The Hall–Kier alpha value is -1.23. The molecule has 3 nitrogen and oxygen atoms in total. The third-order valence-electron chi connectivity index (χ3n) is 3.20. The molecule has 0 radical (unpaired) electrons. The second kappa shape index (κ2) is 8.27. The van der Waals surface area contributed by atoms with Gasteiger partial charge < -0.3 is 10.1 Å². The standard InChI is InChI=1S/C17H24N2OS/c1-13(2)18-12-15-17(14-8-5-4-6-9-14)19-16(21-15)10-7-11-20-3/h4-6,8-9,13,18H,7,10-12H2,1-3H3. The Kier molecular flexibility index (Phi) is 6.36. The van der Waals surface area contributed by atoms with Crippen molar-refractivity contribution in [3.63, 3.8) is 0 Å². The zero-order valence-corrected chi connectivity index (χ0v) is 13.9. The number of nitrogens with one attached hydrogen (secondary N) is 1. The first kappa shape index (κ1) is 16.1. The van der Waals surface area contributed by atoms with Crippen molar-refractivity contribution >= 4 is 11.3 Å². The van der Waals surface area contributed by atoms with Crippen molar-refractivity contribution in [3.05, 3.63) is 40.2 Å². The predicted octanol–water partition coefficient (Wildman–Crippen LogP) is 3.89. The minimum absolute atomic E-state index is 0.479. The highest BCUT2D eigenvalue weighted by atomic mass is 32.1. The van der Waals surface area contributed by atoms with Crippen molar-refractivity contribution in [2.75, 3.05) is 13.7 Å². The van der Waals surface area contributed by atoms with Crippen molar-refractivity contribution in [2.24, 2.45) is 0 Å². The lowest BCUT2D eigenvalue weighted by molar-refractivity contribution is 0.195. The van der Waals surface area contributed by atoms with E-state index in [1.165, 1.54) is 15.4 Å². The van der Waals surface area contributed by atoms with E-state index >= 15 is 0 Å². The SMILES string of the molecule is COCCCc1nc(-c2ccccc2)c(CNC(C)C)s1. The second-order valence-corrected chi connectivity index (χ2v) is 6.55. The van der Waals surface area contributed by atoms with E-state index < -0.39 is 0 Å². The van der Waals surface area contributed by atoms with Crippen LogP contribution in [0.25, 0.3) is 11.3 Å². The number of rotatable bonds is 8. The van der Waals surface area contributed by atoms with Crippen molar-refractivity contribution in [2.45, 2.75) is 39.3 Å². The van der Waals surface area contributed by atoms with Crippen molar-refractivity contribution in [1.82, 2.24) is 10.3 Å². The number of hydrogen-bond acceptors (Lipinski definition) is 4. The normalized spacial score (nSPS) is 11.2. The summed E-state index contributed by atoms with van der Waals surface area (Å²) in [4.78, 5) is 6.17. The number of nitrogens with zero attached hydrogens (tertiary/aromatic N) is 1. The minimum Gasteiger partial charge on any atom is -0.385 e. The van der Waals surface area contributed by atoms with Gasteiger partial charge in [-0.2, -0.15) is 0 Å². The highest BCUT2D eigenvalue weighted by Gasteiger charge is 2.13. The number of aryl methyl sites for hydroxylation is 1. The van der Waals surface area contributed by atoms with Gasteiger partial charge in [0.2, 0.25) is 0 Å². The second-order valence-electron chi connectivity index (χ2n) is 5.38. The summed E-state index contributed by atoms with van der Waals surface area (Å²) in [6.45, 7) is 6.01. The third-order valence-corrected chi connectivity index (χ3v) is 4.31. The van der Waals surface area contributed by atoms with E-state index in [2.05, 4.69) is 43.4 Å². The summed E-state index contributed by atoms with van der Waals surface area (Å²) in [6.07, 6.45) is 2.01. The Balaban J connectivity index is 2.19. The number of benzene rings is 1. The summed E-state index contributed by atoms with van der Waals surface area (Å²) < 4.78 is 5.13. The molecule has 2 aromatic rings. The van der Waals surface area contributed by atoms with Gasteiger partial charge in [0.05, 0.1) is 10.7 Å². The molecule has 0 aliphatic carbocycles. The zero-order chi connectivity index (χ0) is 15.1. The van der Waals surface area contributed by atoms with E-state index in [0.29, 0.717) is 6.04 Å². The molecule has 4 heteroatoms. The number of thiazole rings is 1. The molecule has 1 heterocycles. The monoisotopic (exact) mass is 304 g/mol. The number of aromatic nitrogens is 1. The van der Waals surface area contributed by atoms with Crippen LogP contribution < -0.4 is 5.32 Å². The molecule has 114 valence electrons. The Morgan fingerprint density at radius 1 is 1.24 bits per heavy atom. The first-order valence-corrected chi connectivity index (χ1v) is 8.28. The zero-order valence-electron chi connectivity index (χ0n) is 13.1. The van der Waals surface area contributed by atoms with Crippen molar-refractivity contribution in [1.29, 1.82) is 0 Å². The van der Waals surface area contributed by atoms with Crippen molar-refractivity contribution < 1.29 is 4.74 Å². The fraction of sp³-hybridized carbons (Fsp3) is 0.471. The maximum atomic E-state index is 5.13. The van der Waals surface area contributed by atoms with Crippen LogP contribution in [-0.2, 0) is 17.7 Å². The summed E-state index contributed by atoms with van der Waals surface area (Å²) in [7, 11) is 1.75. The molecular weight excluding hydrogens is 280 g/mol. The predicted molar refractivity (Wildman–Crippen MR) is 89.7 cm³/mol. The average Bonchev–Trinajstić information content (AvgIpc) is 2.89. The lowest BCUT2D eigenvalue weighted by Gasteiger charge is -2.07. The van der Waals surface area contributed by atoms with Gasteiger partial charge in [0.25, 0.3) is 0 Å². The molecule has 2 rings (SSSR count). The molecule has 0 amide bonds. The highest BCUT2D eigenvalue weighted by Crippen LogP contribution is 2.29. The first-order valence-electron chi connectivity index (χ1n) is 7.47. The summed E-state index contributed by atoms with van der Waals surface area (Å²) >= 11 is 1.82. The smallest absolute Gasteiger partial charge is 0.0936 e. The molecule has 0 unspecified atom stereocenters. The van der Waals surface area contributed by atoms with E-state index in [4.69, 9.17) is 9.72 Å². The van der Waals surface area contributed by atoms with Gasteiger partial charge in [-0.05, 0) is 6.42 Å². The largest absolute Gasteiger partial charge is 0.385 e. The van der Waals surface area contributed by atoms with Crippen LogP contribution in [0.4, 0.5) is 0 Å². The molecule has 0 saturated heterocycles. The quantitative estimate of drug-likeness (QED) is 0.751. The molecule has 0 bridgehead atoms. The Morgan fingerprint density at radius 2 is 2.00 bits per heavy atom. The molecule has 0 saturated carbocycles. The van der Waals surface area contributed by atoms with E-state index in [0.717, 1.165) is 31.7 Å². The average molecular weight is 304 g/mol. The summed E-state index contributed by atoms with van der Waals surface area (Å²) in [5, 5.41) is 4.70. The van der Waals surface area contributed by atoms with Crippen LogP contribution in [0.1, 0.15) is 30.2 Å². The molecule has 0 aliphatic heterocycles. The Labute approximate surface area is 131 Å². The van der Waals surface area contributed by atoms with Crippen LogP contribution in [0.2, 0.25) is 0 Å². The lowest BCUT2D eigenvalue weighted by Crippen LogP contribution is -2.21. The Bertz CT molecular complexity index is 537. The van der Waals surface area contributed by atoms with Crippen LogP contribution in [0.3, 0.4) is 0 Å². The van der Waals surface area contributed by atoms with E-state index in [1.54, 1.807) is 7.11 Å². The van der Waals surface area contributed by atoms with Gasteiger partial charge in [0.1, 0.15) is 0 Å². The molecule has 1 aromatic heterocycles. The van der Waals surface area contributed by atoms with Gasteiger partial charge in [-0.25, -0.2) is 4.98 Å². The van der Waals surface area contributed by atoms with Crippen LogP contribution in [-0.4, -0.2) is 24.7 Å². The summed E-state index contributed by atoms with van der Waals surface area (Å²) in [6, 6.07) is 10.9. The van der Waals surface area contributed by atoms with Crippen molar-refractivity contribution in [3.8, 4) is 11.3 Å². The molecule has 0 aliphatic rings. The van der Waals surface area contributed by atoms with Crippen LogP contribution in [0.5, 0.6) is 0 Å². The maximum absolute atomic E-state index is 5.13. The molecule has 1 N–H and O–H groups in total. The van der Waals surface area contributed by atoms with Gasteiger partial charge in [-0.3, -0.25) is 0 Å². The third kappa shape index (κ3) is 4.92. The minimum atomic E-state index is 0.479. The summed E-state index contributed by atoms with van der Waals surface area (Å²) in [5.41, 5.74) is 2.33. The Morgan fingerprint density at radius 3 is 2.67 bits per heavy atom. The van der Waals surface area contributed by atoms with E-state index in [9.17, 15) is 0 Å². The first-order chi connectivity index (χ1) is 10.2. The van der Waals surface area contributed by atoms with Gasteiger partial charge in [-0.1, -0.05) is 44.2 Å². The number of methoxy groups -OCH3 is 1. The van der Waals surface area contributed by atoms with Crippen LogP contribution in [0.15, 0.2) is 30.3 Å². The number of hydrogen-bond donors (Lipinski definition) is 1. The van der Waals surface area contributed by atoms with E-state index in [1.807, 2.05) is 17.4 Å². The van der Waals surface area contributed by atoms with Crippen LogP contribution in [0, 0.1) is 0 Å². The maximum Gasteiger partial charge on any atom is 0.0936 e. The topological polar surface area (TPSA) is 34.1 Å². The van der Waals surface area contributed by atoms with Crippen LogP contribution >= 0.6 is 11.3 Å². The lowest BCUT2D eigenvalue weighted by atomic mass is 10.1. The molecule has 0 fully saturated rings. The number of ether oxygens (including phenoxy) is 1. The summed E-state index contributed by atoms with van der Waals surface area (Å²) in [5.74, 6) is 0. The van der Waals surface area contributed by atoms with Gasteiger partial charge >= 0.3 is 0 Å². The molecular formula is C17H24N2OS. The van der Waals surface area contributed by atoms with Gasteiger partial charge in [-0.15, -0.1) is 11.3 Å².